The van der Waals surface area contributed by atoms with Gasteiger partial charge in [-0.05, 0) is 53.6 Å². The Morgan fingerprint density at radius 1 is 0.964 bits per heavy atom. The van der Waals surface area contributed by atoms with Gasteiger partial charge in [-0.3, -0.25) is 10.3 Å². The van der Waals surface area contributed by atoms with E-state index in [0.29, 0.717) is 11.4 Å². The minimum absolute atomic E-state index is 0.0790. The third-order valence-corrected chi connectivity index (χ3v) is 5.99. The van der Waals surface area contributed by atoms with Crippen LogP contribution in [0.3, 0.4) is 0 Å². The molecule has 1 aliphatic rings. The van der Waals surface area contributed by atoms with Gasteiger partial charge in [0.2, 0.25) is 0 Å². The molecule has 3 aromatic rings. The summed E-state index contributed by atoms with van der Waals surface area (Å²) in [6, 6.07) is 21.3. The third-order valence-electron chi connectivity index (χ3n) is 4.75. The number of halogens is 3. The van der Waals surface area contributed by atoms with Crippen LogP contribution in [0.25, 0.3) is 0 Å². The maximum Gasteiger partial charge on any atom is 0.126 e. The zero-order valence-electron chi connectivity index (χ0n) is 14.7. The van der Waals surface area contributed by atoms with Gasteiger partial charge in [0.05, 0.1) is 0 Å². The van der Waals surface area contributed by atoms with Crippen molar-refractivity contribution in [3.05, 3.63) is 97.4 Å². The summed E-state index contributed by atoms with van der Waals surface area (Å²) in [6.07, 6.45) is 0.438. The second kappa shape index (κ2) is 8.37. The molecule has 0 aromatic heterocycles. The summed E-state index contributed by atoms with van der Waals surface area (Å²) in [5, 5.41) is 14.7. The van der Waals surface area contributed by atoms with Crippen molar-refractivity contribution in [1.29, 1.82) is 0 Å². The Hall–Kier alpha value is -1.66. The molecule has 0 radical (unpaired) electrons. The van der Waals surface area contributed by atoms with Crippen LogP contribution >= 0.6 is 43.5 Å². The van der Waals surface area contributed by atoms with E-state index in [2.05, 4.69) is 49.3 Å². The van der Waals surface area contributed by atoms with Gasteiger partial charge in [0.15, 0.2) is 0 Å². The largest absolute Gasteiger partial charge is 0.508 e. The summed E-state index contributed by atoms with van der Waals surface area (Å²) in [6.45, 7) is 0. The van der Waals surface area contributed by atoms with Crippen LogP contribution in [0.15, 0.2) is 80.7 Å². The first-order valence-electron chi connectivity index (χ1n) is 8.82. The topological polar surface area (TPSA) is 44.6 Å². The van der Waals surface area contributed by atoms with E-state index in [1.807, 2.05) is 48.5 Å². The number of nitrogens with zero attached hydrogens (tertiary/aromatic N) is 1. The zero-order chi connectivity index (χ0) is 19.7. The third kappa shape index (κ3) is 4.33. The van der Waals surface area contributed by atoms with Crippen molar-refractivity contribution >= 4 is 49.2 Å². The number of aliphatic imine (C=N–C) groups is 1. The molecular formula is C22H17Br2ClN2O. The fourth-order valence-electron chi connectivity index (χ4n) is 3.37. The maximum absolute atomic E-state index is 10.5. The molecule has 28 heavy (non-hydrogen) atoms. The van der Waals surface area contributed by atoms with Gasteiger partial charge in [-0.2, -0.15) is 0 Å². The van der Waals surface area contributed by atoms with Crippen LogP contribution < -0.4 is 5.32 Å². The van der Waals surface area contributed by atoms with E-state index in [1.165, 1.54) is 0 Å². The summed E-state index contributed by atoms with van der Waals surface area (Å²) in [7, 11) is 0. The molecule has 0 bridgehead atoms. The van der Waals surface area contributed by atoms with E-state index in [4.69, 9.17) is 16.6 Å². The Kier molecular flexibility index (Phi) is 5.88. The van der Waals surface area contributed by atoms with Crippen LogP contribution in [-0.4, -0.2) is 10.8 Å². The lowest BCUT2D eigenvalue weighted by molar-refractivity contribution is 0.412. The molecule has 0 saturated carbocycles. The quantitative estimate of drug-likeness (QED) is 0.399. The second-order valence-corrected chi connectivity index (χ2v) is 8.93. The Bertz CT molecular complexity index is 1040. The number of rotatable bonds is 3. The lowest BCUT2D eigenvalue weighted by Gasteiger charge is -2.31. The average Bonchev–Trinajstić information content (AvgIpc) is 2.70. The minimum atomic E-state index is -0.233. The van der Waals surface area contributed by atoms with Gasteiger partial charge in [0.25, 0.3) is 0 Å². The molecule has 0 aliphatic carbocycles. The molecule has 142 valence electrons. The zero-order valence-corrected chi connectivity index (χ0v) is 18.7. The Balaban J connectivity index is 1.77. The molecule has 6 heteroatoms. The van der Waals surface area contributed by atoms with Crippen molar-refractivity contribution in [3.63, 3.8) is 0 Å². The standard InChI is InChI=1S/C22H17Br2ClN2O/c23-15-3-1-2-14(10-15)19-12-20(18-11-16(24)6-9-21(18)28)27-22(26-19)13-4-7-17(25)8-5-13/h1-11,20,22,27-28H,12H2/t20-,22-/m1/s1. The van der Waals surface area contributed by atoms with E-state index >= 15 is 0 Å². The van der Waals surface area contributed by atoms with E-state index in [1.54, 1.807) is 6.07 Å². The molecule has 0 unspecified atom stereocenters. The van der Waals surface area contributed by atoms with Crippen LogP contribution in [0, 0.1) is 0 Å². The fourth-order valence-corrected chi connectivity index (χ4v) is 4.27. The highest BCUT2D eigenvalue weighted by Crippen LogP contribution is 2.36. The fraction of sp³-hybridized carbons (Fsp3) is 0.136. The van der Waals surface area contributed by atoms with Gasteiger partial charge in [-0.1, -0.05) is 67.7 Å². The molecular weight excluding hydrogens is 504 g/mol. The van der Waals surface area contributed by atoms with Gasteiger partial charge < -0.3 is 5.11 Å². The number of phenolic OH excluding ortho intramolecular Hbond substituents is 1. The minimum Gasteiger partial charge on any atom is -0.508 e. The highest BCUT2D eigenvalue weighted by atomic mass is 79.9. The van der Waals surface area contributed by atoms with Crippen molar-refractivity contribution in [2.24, 2.45) is 4.99 Å². The summed E-state index contributed by atoms with van der Waals surface area (Å²) in [5.74, 6) is 0.269. The van der Waals surface area contributed by atoms with Crippen LogP contribution in [0.1, 0.15) is 35.3 Å². The SMILES string of the molecule is Oc1ccc(Br)cc1[C@H]1CC(c2cccc(Br)c2)=N[C@@H](c2ccc(Cl)cc2)N1. The predicted octanol–water partition coefficient (Wildman–Crippen LogP) is 6.79. The number of nitrogens with one attached hydrogen (secondary N) is 1. The molecule has 0 fully saturated rings. The van der Waals surface area contributed by atoms with E-state index in [0.717, 1.165) is 31.3 Å². The first-order valence-corrected chi connectivity index (χ1v) is 10.8. The van der Waals surface area contributed by atoms with Gasteiger partial charge in [-0.25, -0.2) is 0 Å². The number of hydrogen-bond acceptors (Lipinski definition) is 3. The summed E-state index contributed by atoms with van der Waals surface area (Å²) >= 11 is 13.1. The summed E-state index contributed by atoms with van der Waals surface area (Å²) < 4.78 is 1.94. The van der Waals surface area contributed by atoms with Crippen LogP contribution in [0.5, 0.6) is 5.75 Å². The molecule has 0 saturated heterocycles. The lowest BCUT2D eigenvalue weighted by Crippen LogP contribution is -2.33. The smallest absolute Gasteiger partial charge is 0.126 e. The molecule has 1 heterocycles. The second-order valence-electron chi connectivity index (χ2n) is 6.67. The van der Waals surface area contributed by atoms with Crippen LogP contribution in [0.2, 0.25) is 5.02 Å². The number of phenols is 1. The first kappa shape index (κ1) is 19.6. The van der Waals surface area contributed by atoms with Crippen molar-refractivity contribution in [1.82, 2.24) is 5.32 Å². The van der Waals surface area contributed by atoms with Crippen LogP contribution in [-0.2, 0) is 0 Å². The summed E-state index contributed by atoms with van der Waals surface area (Å²) in [5.41, 5.74) is 3.92. The molecule has 0 spiro atoms. The van der Waals surface area contributed by atoms with E-state index in [-0.39, 0.29) is 18.0 Å². The molecule has 3 aromatic carbocycles. The highest BCUT2D eigenvalue weighted by molar-refractivity contribution is 9.10. The Morgan fingerprint density at radius 3 is 2.46 bits per heavy atom. The number of benzene rings is 3. The van der Waals surface area contributed by atoms with Crippen molar-refractivity contribution in [3.8, 4) is 5.75 Å². The Labute approximate surface area is 185 Å². The van der Waals surface area contributed by atoms with E-state index < -0.39 is 0 Å². The highest BCUT2D eigenvalue weighted by Gasteiger charge is 2.27. The normalized spacial score (nSPS) is 19.3. The monoisotopic (exact) mass is 518 g/mol. The number of hydrogen-bond donors (Lipinski definition) is 2. The van der Waals surface area contributed by atoms with Crippen molar-refractivity contribution < 1.29 is 5.11 Å². The molecule has 0 amide bonds. The van der Waals surface area contributed by atoms with Gasteiger partial charge in [0, 0.05) is 37.7 Å². The van der Waals surface area contributed by atoms with Crippen molar-refractivity contribution in [2.75, 3.05) is 0 Å². The van der Waals surface area contributed by atoms with Gasteiger partial charge >= 0.3 is 0 Å². The molecule has 2 N–H and O–H groups in total. The lowest BCUT2D eigenvalue weighted by atomic mass is 9.93. The van der Waals surface area contributed by atoms with E-state index in [9.17, 15) is 5.11 Å². The summed E-state index contributed by atoms with van der Waals surface area (Å²) in [4.78, 5) is 4.97. The first-order chi connectivity index (χ1) is 13.5. The molecule has 4 rings (SSSR count). The van der Waals surface area contributed by atoms with Gasteiger partial charge in [-0.15, -0.1) is 0 Å². The molecule has 1 aliphatic heterocycles. The molecule has 2 atom stereocenters. The maximum atomic E-state index is 10.5. The number of aromatic hydroxyl groups is 1. The van der Waals surface area contributed by atoms with Crippen molar-refractivity contribution in [2.45, 2.75) is 18.6 Å². The van der Waals surface area contributed by atoms with Gasteiger partial charge in [0.1, 0.15) is 11.9 Å². The predicted molar refractivity (Wildman–Crippen MR) is 121 cm³/mol. The molecule has 3 nitrogen and oxygen atoms in total. The average molecular weight is 521 g/mol. The van der Waals surface area contributed by atoms with Crippen LogP contribution in [0.4, 0.5) is 0 Å². The Morgan fingerprint density at radius 2 is 1.71 bits per heavy atom.